The Kier molecular flexibility index (Phi) is 7.41. The fourth-order valence-corrected chi connectivity index (χ4v) is 4.12. The lowest BCUT2D eigenvalue weighted by atomic mass is 9.91. The lowest BCUT2D eigenvalue weighted by Gasteiger charge is -2.31. The van der Waals surface area contributed by atoms with E-state index in [1.165, 1.54) is 0 Å². The molecule has 31 heavy (non-hydrogen) atoms. The van der Waals surface area contributed by atoms with E-state index in [1.807, 2.05) is 20.8 Å². The van der Waals surface area contributed by atoms with Crippen molar-refractivity contribution < 1.29 is 14.3 Å². The van der Waals surface area contributed by atoms with Gasteiger partial charge in [0.05, 0.1) is 23.5 Å². The number of hydrogen-bond donors (Lipinski definition) is 2. The van der Waals surface area contributed by atoms with E-state index in [4.69, 9.17) is 16.3 Å². The van der Waals surface area contributed by atoms with Crippen LogP contribution >= 0.6 is 11.6 Å². The number of halogens is 1. The first-order valence-electron chi connectivity index (χ1n) is 10.8. The second-order valence-electron chi connectivity index (χ2n) is 9.20. The minimum absolute atomic E-state index is 0.0169. The Bertz CT molecular complexity index is 844. The Morgan fingerprint density at radius 1 is 1.19 bits per heavy atom. The zero-order chi connectivity index (χ0) is 22.6. The standard InChI is InChI=1S/C22H32ClN5O3/c1-14(29)25-16-7-9-17(10-8-16)26-20-24-12-18(23)19(27-20)15-6-5-11-28(13-15)21(30)31-22(2,3)4/h6,12,16-17H,5,7-11,13H2,1-4H3,(H,25,29)(H,24,26,27). The second kappa shape index (κ2) is 9.85. The number of aromatic nitrogens is 2. The molecule has 0 bridgehead atoms. The van der Waals surface area contributed by atoms with E-state index in [2.05, 4.69) is 26.7 Å². The number of rotatable bonds is 4. The Balaban J connectivity index is 1.64. The van der Waals surface area contributed by atoms with Crippen LogP contribution in [-0.4, -0.2) is 57.6 Å². The lowest BCUT2D eigenvalue weighted by molar-refractivity contribution is -0.119. The minimum Gasteiger partial charge on any atom is -0.444 e. The molecule has 1 aliphatic heterocycles. The quantitative estimate of drug-likeness (QED) is 0.720. The van der Waals surface area contributed by atoms with Gasteiger partial charge in [-0.25, -0.2) is 14.8 Å². The van der Waals surface area contributed by atoms with Gasteiger partial charge in [0.2, 0.25) is 11.9 Å². The monoisotopic (exact) mass is 449 g/mol. The van der Waals surface area contributed by atoms with Crippen LogP contribution in [0.1, 0.15) is 65.5 Å². The molecule has 2 heterocycles. The number of carbonyl (C=O) groups is 2. The third-order valence-electron chi connectivity index (χ3n) is 5.32. The van der Waals surface area contributed by atoms with Gasteiger partial charge in [-0.05, 0) is 58.4 Å². The summed E-state index contributed by atoms with van der Waals surface area (Å²) in [4.78, 5) is 34.4. The summed E-state index contributed by atoms with van der Waals surface area (Å²) in [5.74, 6) is 0.543. The van der Waals surface area contributed by atoms with Crippen molar-refractivity contribution in [2.24, 2.45) is 0 Å². The molecule has 1 aliphatic carbocycles. The molecule has 170 valence electrons. The highest BCUT2D eigenvalue weighted by atomic mass is 35.5. The average molecular weight is 450 g/mol. The summed E-state index contributed by atoms with van der Waals surface area (Å²) >= 11 is 6.41. The van der Waals surface area contributed by atoms with Crippen LogP contribution in [0.3, 0.4) is 0 Å². The van der Waals surface area contributed by atoms with Gasteiger partial charge in [-0.2, -0.15) is 0 Å². The van der Waals surface area contributed by atoms with E-state index in [9.17, 15) is 9.59 Å². The molecule has 0 aromatic carbocycles. The highest BCUT2D eigenvalue weighted by molar-refractivity contribution is 6.32. The predicted molar refractivity (Wildman–Crippen MR) is 121 cm³/mol. The van der Waals surface area contributed by atoms with E-state index >= 15 is 0 Å². The normalized spacial score (nSPS) is 21.8. The summed E-state index contributed by atoms with van der Waals surface area (Å²) in [6.07, 6.45) is 7.76. The molecule has 3 rings (SSSR count). The zero-order valence-corrected chi connectivity index (χ0v) is 19.5. The van der Waals surface area contributed by atoms with E-state index < -0.39 is 5.60 Å². The van der Waals surface area contributed by atoms with Crippen molar-refractivity contribution in [3.63, 3.8) is 0 Å². The number of ether oxygens (including phenoxy) is 1. The molecule has 0 radical (unpaired) electrons. The Morgan fingerprint density at radius 2 is 1.87 bits per heavy atom. The molecule has 2 amide bonds. The number of nitrogens with one attached hydrogen (secondary N) is 2. The number of hydrogen-bond acceptors (Lipinski definition) is 6. The predicted octanol–water partition coefficient (Wildman–Crippen LogP) is 4.01. The van der Waals surface area contributed by atoms with Gasteiger partial charge in [-0.3, -0.25) is 4.79 Å². The van der Waals surface area contributed by atoms with E-state index in [0.717, 1.165) is 31.3 Å². The highest BCUT2D eigenvalue weighted by Crippen LogP contribution is 2.28. The van der Waals surface area contributed by atoms with Crippen LogP contribution in [-0.2, 0) is 9.53 Å². The molecule has 0 spiro atoms. The molecular weight excluding hydrogens is 418 g/mol. The molecule has 0 unspecified atom stereocenters. The largest absolute Gasteiger partial charge is 0.444 e. The lowest BCUT2D eigenvalue weighted by Crippen LogP contribution is -2.40. The van der Waals surface area contributed by atoms with Crippen LogP contribution in [0.15, 0.2) is 12.3 Å². The number of nitrogens with zero attached hydrogens (tertiary/aromatic N) is 3. The van der Waals surface area contributed by atoms with Crippen LogP contribution in [0.5, 0.6) is 0 Å². The molecule has 0 saturated heterocycles. The summed E-state index contributed by atoms with van der Waals surface area (Å²) < 4.78 is 5.50. The van der Waals surface area contributed by atoms with Crippen LogP contribution in [0.2, 0.25) is 5.02 Å². The first kappa shape index (κ1) is 23.3. The molecule has 1 aromatic heterocycles. The zero-order valence-electron chi connectivity index (χ0n) is 18.7. The third kappa shape index (κ3) is 6.82. The van der Waals surface area contributed by atoms with E-state index in [-0.39, 0.29) is 24.1 Å². The fourth-order valence-electron chi connectivity index (χ4n) is 3.91. The van der Waals surface area contributed by atoms with Crippen molar-refractivity contribution in [1.82, 2.24) is 20.2 Å². The summed E-state index contributed by atoms with van der Waals surface area (Å²) in [6, 6.07) is 0.487. The summed E-state index contributed by atoms with van der Waals surface area (Å²) in [6.45, 7) is 8.12. The molecule has 1 aromatic rings. The van der Waals surface area contributed by atoms with Crippen molar-refractivity contribution >= 4 is 35.1 Å². The summed E-state index contributed by atoms with van der Waals surface area (Å²) in [5.41, 5.74) is 0.988. The SMILES string of the molecule is CC(=O)NC1CCC(Nc2ncc(Cl)c(C3=CCCN(C(=O)OC(C)(C)C)C3)n2)CC1. The number of anilines is 1. The Morgan fingerprint density at radius 3 is 2.52 bits per heavy atom. The van der Waals surface area contributed by atoms with Crippen molar-refractivity contribution in [2.75, 3.05) is 18.4 Å². The van der Waals surface area contributed by atoms with Crippen molar-refractivity contribution in [3.8, 4) is 0 Å². The summed E-state index contributed by atoms with van der Waals surface area (Å²) in [5, 5.41) is 6.84. The van der Waals surface area contributed by atoms with E-state index in [0.29, 0.717) is 36.2 Å². The maximum atomic E-state index is 12.5. The average Bonchev–Trinajstić information content (AvgIpc) is 2.69. The van der Waals surface area contributed by atoms with Crippen molar-refractivity contribution in [1.29, 1.82) is 0 Å². The first-order valence-corrected chi connectivity index (χ1v) is 11.2. The Labute approximate surface area is 188 Å². The van der Waals surface area contributed by atoms with Gasteiger partial charge in [-0.15, -0.1) is 0 Å². The summed E-state index contributed by atoms with van der Waals surface area (Å²) in [7, 11) is 0. The molecule has 8 nitrogen and oxygen atoms in total. The maximum absolute atomic E-state index is 12.5. The molecule has 1 fully saturated rings. The Hall–Kier alpha value is -2.35. The van der Waals surface area contributed by atoms with Gasteiger partial charge >= 0.3 is 6.09 Å². The smallest absolute Gasteiger partial charge is 0.410 e. The van der Waals surface area contributed by atoms with Crippen LogP contribution in [0, 0.1) is 0 Å². The van der Waals surface area contributed by atoms with Gasteiger partial charge in [-0.1, -0.05) is 17.7 Å². The first-order chi connectivity index (χ1) is 14.6. The van der Waals surface area contributed by atoms with Crippen LogP contribution in [0.25, 0.3) is 5.57 Å². The van der Waals surface area contributed by atoms with Gasteiger partial charge < -0.3 is 20.3 Å². The second-order valence-corrected chi connectivity index (χ2v) is 9.61. The number of amides is 2. The number of carbonyl (C=O) groups excluding carboxylic acids is 2. The molecule has 2 aliphatic rings. The van der Waals surface area contributed by atoms with E-state index in [1.54, 1.807) is 18.0 Å². The topological polar surface area (TPSA) is 96.5 Å². The van der Waals surface area contributed by atoms with Gasteiger partial charge in [0.25, 0.3) is 0 Å². The molecule has 9 heteroatoms. The van der Waals surface area contributed by atoms with Crippen molar-refractivity contribution in [2.45, 2.75) is 77.5 Å². The van der Waals surface area contributed by atoms with Crippen LogP contribution < -0.4 is 10.6 Å². The maximum Gasteiger partial charge on any atom is 0.410 e. The molecule has 1 saturated carbocycles. The molecular formula is C22H32ClN5O3. The molecule has 2 N–H and O–H groups in total. The van der Waals surface area contributed by atoms with Gasteiger partial charge in [0.1, 0.15) is 5.60 Å². The highest BCUT2D eigenvalue weighted by Gasteiger charge is 2.27. The third-order valence-corrected chi connectivity index (χ3v) is 5.60. The van der Waals surface area contributed by atoms with Crippen molar-refractivity contribution in [3.05, 3.63) is 23.0 Å². The van der Waals surface area contributed by atoms with Crippen LogP contribution in [0.4, 0.5) is 10.7 Å². The van der Waals surface area contributed by atoms with Gasteiger partial charge in [0.15, 0.2) is 0 Å². The fraction of sp³-hybridized carbons (Fsp3) is 0.636. The molecule has 0 atom stereocenters. The van der Waals surface area contributed by atoms with Gasteiger partial charge in [0, 0.05) is 25.6 Å². The minimum atomic E-state index is -0.541.